The van der Waals surface area contributed by atoms with E-state index in [1.54, 1.807) is 0 Å². The third-order valence-corrected chi connectivity index (χ3v) is 8.49. The fraction of sp³-hybridized carbons (Fsp3) is 0.323. The topological polar surface area (TPSA) is 3.88 Å². The number of hydrogen-bond acceptors (Lipinski definition) is 0. The van der Waals surface area contributed by atoms with Crippen LogP contribution in [-0.2, 0) is 17.9 Å². The summed E-state index contributed by atoms with van der Waals surface area (Å²) in [5.41, 5.74) is 12.4. The SMILES string of the molecule is Cc1cc(-c2cc3c(cc2C)C(C)(C)C(C)(C)c2ccc4ccccc4c2-3)[n+](C)cc1C. The van der Waals surface area contributed by atoms with Gasteiger partial charge >= 0.3 is 0 Å². The van der Waals surface area contributed by atoms with Crippen molar-refractivity contribution in [2.75, 3.05) is 0 Å². The van der Waals surface area contributed by atoms with E-state index in [1.807, 2.05) is 0 Å². The van der Waals surface area contributed by atoms with Gasteiger partial charge in [-0.15, -0.1) is 0 Å². The molecule has 1 nitrogen and oxygen atoms in total. The Bertz CT molecular complexity index is 1400. The van der Waals surface area contributed by atoms with Crippen molar-refractivity contribution >= 4 is 10.8 Å². The predicted octanol–water partition coefficient (Wildman–Crippen LogP) is 7.49. The molecule has 1 heteroatoms. The molecule has 0 amide bonds. The van der Waals surface area contributed by atoms with Crippen molar-refractivity contribution in [1.82, 2.24) is 0 Å². The highest BCUT2D eigenvalue weighted by atomic mass is 14.9. The summed E-state index contributed by atoms with van der Waals surface area (Å²) >= 11 is 0. The minimum atomic E-state index is 0.0203. The Morgan fingerprint density at radius 2 is 1.34 bits per heavy atom. The number of nitrogens with zero attached hydrogens (tertiary/aromatic N) is 1. The van der Waals surface area contributed by atoms with E-state index >= 15 is 0 Å². The highest BCUT2D eigenvalue weighted by molar-refractivity contribution is 6.01. The maximum atomic E-state index is 2.47. The van der Waals surface area contributed by atoms with Crippen LogP contribution in [0.15, 0.2) is 60.8 Å². The van der Waals surface area contributed by atoms with Crippen molar-refractivity contribution in [2.24, 2.45) is 7.05 Å². The first kappa shape index (κ1) is 20.9. The number of benzene rings is 3. The van der Waals surface area contributed by atoms with E-state index < -0.39 is 0 Å². The van der Waals surface area contributed by atoms with Gasteiger partial charge in [-0.3, -0.25) is 0 Å². The summed E-state index contributed by atoms with van der Waals surface area (Å²) in [6.07, 6.45) is 2.25. The molecule has 5 rings (SSSR count). The Balaban J connectivity index is 1.91. The lowest BCUT2D eigenvalue weighted by molar-refractivity contribution is -0.660. The molecule has 1 heterocycles. The fourth-order valence-electron chi connectivity index (χ4n) is 5.61. The van der Waals surface area contributed by atoms with Crippen LogP contribution in [0.3, 0.4) is 0 Å². The van der Waals surface area contributed by atoms with E-state index in [9.17, 15) is 0 Å². The molecule has 0 N–H and O–H groups in total. The summed E-state index contributed by atoms with van der Waals surface area (Å²) in [5, 5.41) is 2.67. The molecule has 0 saturated heterocycles. The minimum absolute atomic E-state index is 0.0203. The van der Waals surface area contributed by atoms with E-state index in [1.165, 1.54) is 61.0 Å². The van der Waals surface area contributed by atoms with Gasteiger partial charge in [0.25, 0.3) is 0 Å². The van der Waals surface area contributed by atoms with Crippen LogP contribution < -0.4 is 4.57 Å². The second-order valence-electron chi connectivity index (χ2n) is 10.8. The number of rotatable bonds is 1. The third kappa shape index (κ3) is 2.73. The largest absolute Gasteiger partial charge is 0.212 e. The second kappa shape index (κ2) is 6.78. The molecule has 0 radical (unpaired) electrons. The lowest BCUT2D eigenvalue weighted by Gasteiger charge is -2.49. The summed E-state index contributed by atoms with van der Waals surface area (Å²) in [6.45, 7) is 16.3. The minimum Gasteiger partial charge on any atom is -0.201 e. The summed E-state index contributed by atoms with van der Waals surface area (Å²) in [5.74, 6) is 0. The van der Waals surface area contributed by atoms with E-state index in [-0.39, 0.29) is 10.8 Å². The molecular formula is C31H34N+. The molecule has 0 atom stereocenters. The van der Waals surface area contributed by atoms with Crippen molar-refractivity contribution in [3.8, 4) is 22.4 Å². The van der Waals surface area contributed by atoms with Crippen molar-refractivity contribution in [3.63, 3.8) is 0 Å². The first-order valence-electron chi connectivity index (χ1n) is 11.7. The van der Waals surface area contributed by atoms with Gasteiger partial charge in [0, 0.05) is 17.2 Å². The Labute approximate surface area is 192 Å². The number of fused-ring (bicyclic) bond motifs is 5. The van der Waals surface area contributed by atoms with E-state index in [4.69, 9.17) is 0 Å². The van der Waals surface area contributed by atoms with Gasteiger partial charge in [-0.2, -0.15) is 0 Å². The van der Waals surface area contributed by atoms with Gasteiger partial charge in [-0.05, 0) is 81.8 Å². The normalized spacial score (nSPS) is 16.0. The monoisotopic (exact) mass is 420 g/mol. The Morgan fingerprint density at radius 3 is 2.09 bits per heavy atom. The molecule has 1 aromatic heterocycles. The van der Waals surface area contributed by atoms with Gasteiger partial charge in [0.05, 0.1) is 0 Å². The molecule has 1 aliphatic rings. The van der Waals surface area contributed by atoms with Crippen molar-refractivity contribution in [1.29, 1.82) is 0 Å². The quantitative estimate of drug-likeness (QED) is 0.281. The molecular weight excluding hydrogens is 386 g/mol. The Hall–Kier alpha value is -2.93. The zero-order chi connectivity index (χ0) is 23.0. The van der Waals surface area contributed by atoms with Crippen LogP contribution in [0.5, 0.6) is 0 Å². The van der Waals surface area contributed by atoms with Crippen LogP contribution in [0.4, 0.5) is 0 Å². The summed E-state index contributed by atoms with van der Waals surface area (Å²) in [7, 11) is 2.16. The average Bonchev–Trinajstić information content (AvgIpc) is 2.74. The van der Waals surface area contributed by atoms with Crippen LogP contribution in [0.2, 0.25) is 0 Å². The molecule has 0 unspecified atom stereocenters. The lowest BCUT2D eigenvalue weighted by Crippen LogP contribution is -2.43. The van der Waals surface area contributed by atoms with E-state index in [0.29, 0.717) is 0 Å². The zero-order valence-corrected chi connectivity index (χ0v) is 20.7. The molecule has 32 heavy (non-hydrogen) atoms. The second-order valence-corrected chi connectivity index (χ2v) is 10.8. The molecule has 0 aliphatic heterocycles. The average molecular weight is 421 g/mol. The van der Waals surface area contributed by atoms with Gasteiger partial charge in [-0.25, -0.2) is 4.57 Å². The maximum absolute atomic E-state index is 2.47. The molecule has 3 aromatic carbocycles. The summed E-state index contributed by atoms with van der Waals surface area (Å²) < 4.78 is 2.28. The summed E-state index contributed by atoms with van der Waals surface area (Å²) in [4.78, 5) is 0. The number of aromatic nitrogens is 1. The smallest absolute Gasteiger partial charge is 0.201 e. The van der Waals surface area contributed by atoms with Gasteiger partial charge in [0.15, 0.2) is 6.20 Å². The lowest BCUT2D eigenvalue weighted by atomic mass is 9.54. The van der Waals surface area contributed by atoms with Crippen LogP contribution in [0, 0.1) is 20.8 Å². The molecule has 0 saturated carbocycles. The molecule has 0 spiro atoms. The standard InChI is InChI=1S/C31H34N/c1-19-16-28(32(8)18-21(19)3)24-17-25-27(15-20(24)2)31(6,7)30(4,5)26-14-13-22-11-9-10-12-23(22)29(25)26/h9-18H,1-8H3/q+1. The Kier molecular flexibility index (Phi) is 4.44. The highest BCUT2D eigenvalue weighted by Gasteiger charge is 2.46. The van der Waals surface area contributed by atoms with Gasteiger partial charge in [0.2, 0.25) is 5.69 Å². The molecule has 0 bridgehead atoms. The molecule has 0 fully saturated rings. The van der Waals surface area contributed by atoms with Crippen molar-refractivity contribution in [3.05, 3.63) is 88.6 Å². The first-order valence-corrected chi connectivity index (χ1v) is 11.7. The van der Waals surface area contributed by atoms with Crippen LogP contribution in [0.1, 0.15) is 55.5 Å². The number of hydrogen-bond donors (Lipinski definition) is 0. The molecule has 1 aliphatic carbocycles. The third-order valence-electron chi connectivity index (χ3n) is 8.49. The summed E-state index contributed by atoms with van der Waals surface area (Å²) in [6, 6.07) is 20.8. The molecule has 162 valence electrons. The molecule has 4 aromatic rings. The van der Waals surface area contributed by atoms with Gasteiger partial charge in [-0.1, -0.05) is 70.2 Å². The van der Waals surface area contributed by atoms with E-state index in [2.05, 4.69) is 121 Å². The van der Waals surface area contributed by atoms with Gasteiger partial charge in [0.1, 0.15) is 7.05 Å². The van der Waals surface area contributed by atoms with Crippen LogP contribution in [-0.4, -0.2) is 0 Å². The zero-order valence-electron chi connectivity index (χ0n) is 20.7. The van der Waals surface area contributed by atoms with Gasteiger partial charge < -0.3 is 0 Å². The van der Waals surface area contributed by atoms with E-state index in [0.717, 1.165) is 0 Å². The first-order chi connectivity index (χ1) is 15.0. The number of pyridine rings is 1. The van der Waals surface area contributed by atoms with Crippen molar-refractivity contribution < 1.29 is 4.57 Å². The fourth-order valence-corrected chi connectivity index (χ4v) is 5.61. The Morgan fingerprint density at radius 1 is 0.656 bits per heavy atom. The maximum Gasteiger partial charge on any atom is 0.212 e. The predicted molar refractivity (Wildman–Crippen MR) is 136 cm³/mol. The van der Waals surface area contributed by atoms with Crippen LogP contribution >= 0.6 is 0 Å². The van der Waals surface area contributed by atoms with Crippen LogP contribution in [0.25, 0.3) is 33.2 Å². The number of aryl methyl sites for hydroxylation is 4. The van der Waals surface area contributed by atoms with Crippen molar-refractivity contribution in [2.45, 2.75) is 59.3 Å². The highest BCUT2D eigenvalue weighted by Crippen LogP contribution is 2.56.